The number of carbonyl (C=O) groups excluding carboxylic acids is 2. The Labute approximate surface area is 112 Å². The minimum absolute atomic E-state index is 0.225. The quantitative estimate of drug-likeness (QED) is 0.444. The zero-order valence-corrected chi connectivity index (χ0v) is 11.0. The molecular formula is C14H17NO4. The van der Waals surface area contributed by atoms with Crippen LogP contribution in [0.4, 0.5) is 0 Å². The van der Waals surface area contributed by atoms with E-state index in [1.54, 1.807) is 24.3 Å². The zero-order valence-electron chi connectivity index (χ0n) is 11.0. The van der Waals surface area contributed by atoms with Crippen LogP contribution >= 0.6 is 0 Å². The highest BCUT2D eigenvalue weighted by Gasteiger charge is 2.07. The standard InChI is InChI=1S/C12H13NO2.C2H4O2/c1-3-8-15-12(14)11-6-4-10(5-7-11)9(2)13;1-2(3)4/h3-7,13H,1,8H2,2H3;1H3,(H,3,4). The van der Waals surface area contributed by atoms with Gasteiger partial charge in [-0.25, -0.2) is 4.79 Å². The van der Waals surface area contributed by atoms with Crippen LogP contribution in [0.25, 0.3) is 0 Å². The molecule has 0 fully saturated rings. The Kier molecular flexibility index (Phi) is 7.53. The molecule has 5 nitrogen and oxygen atoms in total. The summed E-state index contributed by atoms with van der Waals surface area (Å²) in [6.45, 7) is 6.47. The second-order valence-corrected chi connectivity index (χ2v) is 3.64. The van der Waals surface area contributed by atoms with Crippen molar-refractivity contribution < 1.29 is 24.8 Å². The van der Waals surface area contributed by atoms with Crippen molar-refractivity contribution in [1.29, 1.82) is 0 Å². The minimum Gasteiger partial charge on any atom is -0.550 e. The van der Waals surface area contributed by atoms with Crippen LogP contribution in [0.15, 0.2) is 36.9 Å². The van der Waals surface area contributed by atoms with Crippen molar-refractivity contribution in [2.24, 2.45) is 0 Å². The highest BCUT2D eigenvalue weighted by Crippen LogP contribution is 2.05. The van der Waals surface area contributed by atoms with Gasteiger partial charge in [0.05, 0.1) is 5.56 Å². The Bertz CT molecular complexity index is 459. The van der Waals surface area contributed by atoms with Gasteiger partial charge in [-0.05, 0) is 31.2 Å². The van der Waals surface area contributed by atoms with Gasteiger partial charge in [0.1, 0.15) is 6.61 Å². The van der Waals surface area contributed by atoms with Gasteiger partial charge in [-0.15, -0.1) is 0 Å². The first-order chi connectivity index (χ1) is 8.88. The number of benzene rings is 1. The van der Waals surface area contributed by atoms with E-state index in [9.17, 15) is 4.79 Å². The molecule has 0 spiro atoms. The average molecular weight is 263 g/mol. The number of hydrogen-bond donors (Lipinski definition) is 1. The maximum Gasteiger partial charge on any atom is 0.338 e. The normalized spacial score (nSPS) is 8.74. The molecule has 0 heterocycles. The summed E-state index contributed by atoms with van der Waals surface area (Å²) in [7, 11) is 0. The molecule has 0 bridgehead atoms. The Balaban J connectivity index is 0.000000711. The number of esters is 1. The van der Waals surface area contributed by atoms with Crippen molar-refractivity contribution in [2.45, 2.75) is 13.8 Å². The number of nitrogens with two attached hydrogens (primary N) is 1. The summed E-state index contributed by atoms with van der Waals surface area (Å²) in [6.07, 6.45) is 1.53. The van der Waals surface area contributed by atoms with Crippen LogP contribution in [0, 0.1) is 0 Å². The van der Waals surface area contributed by atoms with Gasteiger partial charge < -0.3 is 14.6 Å². The number of carbonyl (C=O) groups is 2. The maximum absolute atomic E-state index is 11.4. The fourth-order valence-electron chi connectivity index (χ4n) is 1.09. The largest absolute Gasteiger partial charge is 0.550 e. The fraction of sp³-hybridized carbons (Fsp3) is 0.214. The summed E-state index contributed by atoms with van der Waals surface area (Å²) in [5.74, 6) is -1.43. The van der Waals surface area contributed by atoms with Crippen LogP contribution in [-0.4, -0.2) is 24.3 Å². The summed E-state index contributed by atoms with van der Waals surface area (Å²) in [4.78, 5) is 20.3. The highest BCUT2D eigenvalue weighted by molar-refractivity contribution is 5.95. The highest BCUT2D eigenvalue weighted by atomic mass is 16.5. The molecule has 0 amide bonds. The molecule has 0 saturated carbocycles. The van der Waals surface area contributed by atoms with Gasteiger partial charge in [-0.1, -0.05) is 12.7 Å². The molecule has 0 aromatic heterocycles. The maximum atomic E-state index is 11.4. The van der Waals surface area contributed by atoms with Crippen LogP contribution in [-0.2, 0) is 9.53 Å². The van der Waals surface area contributed by atoms with E-state index in [4.69, 9.17) is 20.0 Å². The lowest BCUT2D eigenvalue weighted by Gasteiger charge is -2.01. The van der Waals surface area contributed by atoms with E-state index in [0.29, 0.717) is 5.56 Å². The van der Waals surface area contributed by atoms with Crippen LogP contribution in [0.5, 0.6) is 0 Å². The van der Waals surface area contributed by atoms with Crippen molar-refractivity contribution in [3.63, 3.8) is 0 Å². The summed E-state index contributed by atoms with van der Waals surface area (Å²) in [5, 5.41) is 14.5. The molecule has 102 valence electrons. The predicted molar refractivity (Wildman–Crippen MR) is 69.3 cm³/mol. The second kappa shape index (κ2) is 8.63. The van der Waals surface area contributed by atoms with Crippen molar-refractivity contribution in [1.82, 2.24) is 0 Å². The van der Waals surface area contributed by atoms with E-state index in [-0.39, 0.29) is 12.6 Å². The van der Waals surface area contributed by atoms with Crippen LogP contribution < -0.4 is 10.5 Å². The molecule has 2 N–H and O–H groups in total. The Morgan fingerprint density at radius 1 is 1.26 bits per heavy atom. The molecule has 1 aromatic rings. The lowest BCUT2D eigenvalue weighted by atomic mass is 10.1. The van der Waals surface area contributed by atoms with Gasteiger partial charge in [-0.3, -0.25) is 5.41 Å². The Morgan fingerprint density at radius 2 is 1.68 bits per heavy atom. The predicted octanol–water partition coefficient (Wildman–Crippen LogP) is -0.646. The number of aliphatic carboxylic acids is 1. The fourth-order valence-corrected chi connectivity index (χ4v) is 1.09. The van der Waals surface area contributed by atoms with Gasteiger partial charge in [-0.2, -0.15) is 0 Å². The third kappa shape index (κ3) is 7.49. The second-order valence-electron chi connectivity index (χ2n) is 3.64. The molecule has 1 rings (SSSR count). The molecule has 0 aliphatic heterocycles. The van der Waals surface area contributed by atoms with Crippen LogP contribution in [0.3, 0.4) is 0 Å². The van der Waals surface area contributed by atoms with Crippen molar-refractivity contribution in [2.75, 3.05) is 6.61 Å². The molecule has 19 heavy (non-hydrogen) atoms. The minimum atomic E-state index is -1.08. The molecule has 0 aliphatic rings. The van der Waals surface area contributed by atoms with Gasteiger partial charge >= 0.3 is 5.97 Å². The number of rotatable bonds is 4. The Hall–Kier alpha value is -2.43. The molecule has 0 unspecified atom stereocenters. The molecule has 1 aromatic carbocycles. The van der Waals surface area contributed by atoms with Crippen molar-refractivity contribution in [3.05, 3.63) is 48.0 Å². The number of carboxylic acids is 1. The molecule has 5 heteroatoms. The smallest absolute Gasteiger partial charge is 0.338 e. The van der Waals surface area contributed by atoms with E-state index in [1.165, 1.54) is 6.08 Å². The number of carboxylic acid groups (broad SMARTS) is 1. The van der Waals surface area contributed by atoms with E-state index in [1.807, 2.05) is 6.92 Å². The monoisotopic (exact) mass is 263 g/mol. The van der Waals surface area contributed by atoms with Gasteiger partial charge in [0, 0.05) is 18.5 Å². The third-order valence-electron chi connectivity index (χ3n) is 1.91. The topological polar surface area (TPSA) is 92.0 Å². The third-order valence-corrected chi connectivity index (χ3v) is 1.91. The summed E-state index contributed by atoms with van der Waals surface area (Å²) >= 11 is 0. The van der Waals surface area contributed by atoms with Crippen molar-refractivity contribution >= 4 is 17.7 Å². The number of ether oxygens (including phenoxy) is 1. The molecule has 0 radical (unpaired) electrons. The summed E-state index contributed by atoms with van der Waals surface area (Å²) in [5.41, 5.74) is 2.15. The first kappa shape index (κ1) is 16.6. The summed E-state index contributed by atoms with van der Waals surface area (Å²) < 4.78 is 4.88. The molecule has 0 atom stereocenters. The van der Waals surface area contributed by atoms with Gasteiger partial charge in [0.25, 0.3) is 0 Å². The van der Waals surface area contributed by atoms with E-state index >= 15 is 0 Å². The SMILES string of the molecule is C=CCOC(=O)c1ccc(C(C)=[NH2+])cc1.CC(=O)[O-]. The van der Waals surface area contributed by atoms with Crippen molar-refractivity contribution in [3.8, 4) is 0 Å². The lowest BCUT2D eigenvalue weighted by molar-refractivity contribution is -0.302. The lowest BCUT2D eigenvalue weighted by Crippen LogP contribution is -2.38. The Morgan fingerprint density at radius 3 is 2.05 bits per heavy atom. The van der Waals surface area contributed by atoms with E-state index in [2.05, 4.69) is 6.58 Å². The van der Waals surface area contributed by atoms with Crippen LogP contribution in [0.2, 0.25) is 0 Å². The zero-order chi connectivity index (χ0) is 14.8. The van der Waals surface area contributed by atoms with Gasteiger partial charge in [0.2, 0.25) is 0 Å². The molecule has 0 aliphatic carbocycles. The molecule has 0 saturated heterocycles. The first-order valence-corrected chi connectivity index (χ1v) is 5.53. The van der Waals surface area contributed by atoms with E-state index < -0.39 is 5.97 Å². The molecular weight excluding hydrogens is 246 g/mol. The van der Waals surface area contributed by atoms with Crippen LogP contribution in [0.1, 0.15) is 29.8 Å². The summed E-state index contributed by atoms with van der Waals surface area (Å²) in [6, 6.07) is 6.97. The first-order valence-electron chi connectivity index (χ1n) is 5.53. The number of hydrogen-bond acceptors (Lipinski definition) is 4. The van der Waals surface area contributed by atoms with E-state index in [0.717, 1.165) is 18.2 Å². The average Bonchev–Trinajstić information content (AvgIpc) is 2.35. The van der Waals surface area contributed by atoms with Gasteiger partial charge in [0.15, 0.2) is 5.71 Å².